The van der Waals surface area contributed by atoms with Gasteiger partial charge in [0.05, 0.1) is 25.6 Å². The van der Waals surface area contributed by atoms with E-state index in [4.69, 9.17) is 23.7 Å². The van der Waals surface area contributed by atoms with Gasteiger partial charge in [0, 0.05) is 12.7 Å². The summed E-state index contributed by atoms with van der Waals surface area (Å²) < 4.78 is 25.1. The minimum absolute atomic E-state index is 0.0621. The monoisotopic (exact) mass is 302 g/mol. The Balaban J connectivity index is 3.92. The molecule has 0 aliphatic carbocycles. The Morgan fingerprint density at radius 2 is 1.81 bits per heavy atom. The number of rotatable bonds is 12. The van der Waals surface area contributed by atoms with Gasteiger partial charge in [-0.2, -0.15) is 0 Å². The van der Waals surface area contributed by atoms with E-state index in [2.05, 4.69) is 6.58 Å². The molecule has 0 bridgehead atoms. The third-order valence-corrected chi connectivity index (χ3v) is 1.98. The van der Waals surface area contributed by atoms with Crippen LogP contribution in [-0.2, 0) is 33.3 Å². The lowest BCUT2D eigenvalue weighted by Gasteiger charge is -2.17. The molecule has 7 nitrogen and oxygen atoms in total. The first-order valence-electron chi connectivity index (χ1n) is 6.61. The molecular weight excluding hydrogens is 280 g/mol. The van der Waals surface area contributed by atoms with Gasteiger partial charge in [0.25, 0.3) is 0 Å². The Labute approximate surface area is 124 Å². The minimum atomic E-state index is -0.720. The molecule has 1 atom stereocenters. The lowest BCUT2D eigenvalue weighted by Crippen LogP contribution is -2.26. The fourth-order valence-electron chi connectivity index (χ4n) is 1.11. The van der Waals surface area contributed by atoms with Crippen LogP contribution >= 0.6 is 0 Å². The highest BCUT2D eigenvalue weighted by atomic mass is 16.7. The Bertz CT molecular complexity index is 338. The summed E-state index contributed by atoms with van der Waals surface area (Å²) in [6.45, 7) is 7.83. The minimum Gasteiger partial charge on any atom is -0.501 e. The van der Waals surface area contributed by atoms with E-state index < -0.39 is 18.2 Å². The van der Waals surface area contributed by atoms with Crippen molar-refractivity contribution in [1.29, 1.82) is 0 Å². The van der Waals surface area contributed by atoms with Crippen molar-refractivity contribution in [3.05, 3.63) is 25.0 Å². The number of ether oxygens (including phenoxy) is 5. The number of carbonyl (C=O) groups is 2. The largest absolute Gasteiger partial charge is 0.501 e. The van der Waals surface area contributed by atoms with Gasteiger partial charge in [0.2, 0.25) is 0 Å². The molecule has 0 heterocycles. The molecule has 0 aliphatic rings. The van der Waals surface area contributed by atoms with Crippen molar-refractivity contribution < 1.29 is 33.3 Å². The average Bonchev–Trinajstić information content (AvgIpc) is 2.48. The second kappa shape index (κ2) is 13.1. The summed E-state index contributed by atoms with van der Waals surface area (Å²) in [5.74, 6) is -1.09. The van der Waals surface area contributed by atoms with Crippen LogP contribution in [0.2, 0.25) is 0 Å². The SMILES string of the molecule is C=CC(=O)OCCOC(COC(=O)C=COCC)OCC. The summed E-state index contributed by atoms with van der Waals surface area (Å²) in [6.07, 6.45) is 2.76. The van der Waals surface area contributed by atoms with Gasteiger partial charge < -0.3 is 23.7 Å². The molecule has 0 N–H and O–H groups in total. The lowest BCUT2D eigenvalue weighted by molar-refractivity contribution is -0.183. The van der Waals surface area contributed by atoms with Gasteiger partial charge in [0.1, 0.15) is 13.2 Å². The van der Waals surface area contributed by atoms with Crippen LogP contribution in [0.5, 0.6) is 0 Å². The second-order valence-corrected chi connectivity index (χ2v) is 3.52. The molecule has 0 spiro atoms. The van der Waals surface area contributed by atoms with E-state index in [1.807, 2.05) is 0 Å². The fraction of sp³-hybridized carbons (Fsp3) is 0.571. The Kier molecular flexibility index (Phi) is 12.0. The predicted octanol–water partition coefficient (Wildman–Crippen LogP) is 1.19. The van der Waals surface area contributed by atoms with Gasteiger partial charge in [0.15, 0.2) is 6.29 Å². The van der Waals surface area contributed by atoms with Gasteiger partial charge in [-0.25, -0.2) is 9.59 Å². The van der Waals surface area contributed by atoms with E-state index >= 15 is 0 Å². The van der Waals surface area contributed by atoms with E-state index in [0.717, 1.165) is 6.08 Å². The van der Waals surface area contributed by atoms with Crippen molar-refractivity contribution in [3.63, 3.8) is 0 Å². The van der Waals surface area contributed by atoms with Gasteiger partial charge >= 0.3 is 11.9 Å². The zero-order valence-electron chi connectivity index (χ0n) is 12.4. The maximum absolute atomic E-state index is 11.3. The van der Waals surface area contributed by atoms with Crippen molar-refractivity contribution in [2.45, 2.75) is 20.1 Å². The fourth-order valence-corrected chi connectivity index (χ4v) is 1.11. The summed E-state index contributed by atoms with van der Waals surface area (Å²) in [6, 6.07) is 0. The molecule has 7 heteroatoms. The van der Waals surface area contributed by atoms with Gasteiger partial charge in [-0.15, -0.1) is 0 Å². The van der Waals surface area contributed by atoms with Gasteiger partial charge in [-0.05, 0) is 13.8 Å². The first kappa shape index (κ1) is 19.1. The van der Waals surface area contributed by atoms with Gasteiger partial charge in [-0.1, -0.05) is 6.58 Å². The Morgan fingerprint density at radius 3 is 2.43 bits per heavy atom. The molecule has 0 aliphatic heterocycles. The zero-order chi connectivity index (χ0) is 15.9. The van der Waals surface area contributed by atoms with Crippen LogP contribution in [0.4, 0.5) is 0 Å². The van der Waals surface area contributed by atoms with Crippen LogP contribution in [0.3, 0.4) is 0 Å². The third kappa shape index (κ3) is 11.6. The molecule has 0 radical (unpaired) electrons. The van der Waals surface area contributed by atoms with Crippen molar-refractivity contribution in [1.82, 2.24) is 0 Å². The molecule has 0 rings (SSSR count). The van der Waals surface area contributed by atoms with Gasteiger partial charge in [-0.3, -0.25) is 0 Å². The maximum Gasteiger partial charge on any atom is 0.334 e. The molecular formula is C14H22O7. The van der Waals surface area contributed by atoms with E-state index in [-0.39, 0.29) is 19.8 Å². The molecule has 120 valence electrons. The highest BCUT2D eigenvalue weighted by Crippen LogP contribution is 1.98. The highest BCUT2D eigenvalue weighted by Gasteiger charge is 2.11. The number of esters is 2. The molecule has 21 heavy (non-hydrogen) atoms. The van der Waals surface area contributed by atoms with Crippen LogP contribution in [0.15, 0.2) is 25.0 Å². The van der Waals surface area contributed by atoms with E-state index in [1.165, 1.54) is 12.3 Å². The van der Waals surface area contributed by atoms with Crippen molar-refractivity contribution in [3.8, 4) is 0 Å². The highest BCUT2D eigenvalue weighted by molar-refractivity contribution is 5.81. The summed E-state index contributed by atoms with van der Waals surface area (Å²) in [5, 5.41) is 0. The summed E-state index contributed by atoms with van der Waals surface area (Å²) in [7, 11) is 0. The van der Waals surface area contributed by atoms with Crippen LogP contribution in [0.25, 0.3) is 0 Å². The first-order valence-corrected chi connectivity index (χ1v) is 6.61. The van der Waals surface area contributed by atoms with Crippen molar-refractivity contribution >= 4 is 11.9 Å². The van der Waals surface area contributed by atoms with Crippen LogP contribution in [-0.4, -0.2) is 51.3 Å². The van der Waals surface area contributed by atoms with E-state index in [1.54, 1.807) is 13.8 Å². The Hall–Kier alpha value is -1.86. The topological polar surface area (TPSA) is 80.3 Å². The lowest BCUT2D eigenvalue weighted by atomic mass is 10.6. The molecule has 0 fully saturated rings. The molecule has 0 aromatic carbocycles. The molecule has 0 aromatic rings. The first-order chi connectivity index (χ1) is 10.1. The standard InChI is InChI=1S/C14H22O7/c1-4-12(15)19-9-10-20-14(18-6-3)11-21-13(16)7-8-17-5-2/h4,7-8,14H,1,5-6,9-11H2,2-3H3. The molecule has 0 aromatic heterocycles. The van der Waals surface area contributed by atoms with Crippen molar-refractivity contribution in [2.75, 3.05) is 33.0 Å². The van der Waals surface area contributed by atoms with Crippen molar-refractivity contribution in [2.24, 2.45) is 0 Å². The van der Waals surface area contributed by atoms with Crippen LogP contribution < -0.4 is 0 Å². The Morgan fingerprint density at radius 1 is 1.05 bits per heavy atom. The average molecular weight is 302 g/mol. The molecule has 1 unspecified atom stereocenters. The normalized spacial score (nSPS) is 11.9. The number of carbonyl (C=O) groups excluding carboxylic acids is 2. The quantitative estimate of drug-likeness (QED) is 0.176. The van der Waals surface area contributed by atoms with E-state index in [0.29, 0.717) is 13.2 Å². The molecule has 0 saturated heterocycles. The summed E-state index contributed by atoms with van der Waals surface area (Å²) in [4.78, 5) is 22.1. The smallest absolute Gasteiger partial charge is 0.334 e. The predicted molar refractivity (Wildman–Crippen MR) is 74.2 cm³/mol. The number of hydrogen-bond donors (Lipinski definition) is 0. The summed E-state index contributed by atoms with van der Waals surface area (Å²) in [5.41, 5.74) is 0. The zero-order valence-corrected chi connectivity index (χ0v) is 12.4. The molecule has 0 saturated carbocycles. The second-order valence-electron chi connectivity index (χ2n) is 3.52. The third-order valence-electron chi connectivity index (χ3n) is 1.98. The summed E-state index contributed by atoms with van der Waals surface area (Å²) >= 11 is 0. The maximum atomic E-state index is 11.3. The van der Waals surface area contributed by atoms with Crippen LogP contribution in [0, 0.1) is 0 Å². The van der Waals surface area contributed by atoms with E-state index in [9.17, 15) is 9.59 Å². The van der Waals surface area contributed by atoms with Crippen LogP contribution in [0.1, 0.15) is 13.8 Å². The molecule has 0 amide bonds. The number of hydrogen-bond acceptors (Lipinski definition) is 7.